The van der Waals surface area contributed by atoms with Crippen LogP contribution in [0, 0.1) is 13.8 Å². The average Bonchev–Trinajstić information content (AvgIpc) is 2.04. The van der Waals surface area contributed by atoms with Gasteiger partial charge in [-0.2, -0.15) is 0 Å². The SMILES string of the molecule is CCc1c(C)cc(O)c(OC)c1C. The van der Waals surface area contributed by atoms with E-state index in [1.54, 1.807) is 13.2 Å². The van der Waals surface area contributed by atoms with E-state index in [1.807, 2.05) is 13.8 Å². The molecule has 0 saturated heterocycles. The zero-order valence-electron chi connectivity index (χ0n) is 8.64. The number of hydrogen-bond donors (Lipinski definition) is 1. The minimum Gasteiger partial charge on any atom is -0.504 e. The Labute approximate surface area is 79.2 Å². The Hall–Kier alpha value is -1.18. The van der Waals surface area contributed by atoms with E-state index in [2.05, 4.69) is 6.92 Å². The van der Waals surface area contributed by atoms with Gasteiger partial charge in [-0.3, -0.25) is 0 Å². The van der Waals surface area contributed by atoms with Crippen LogP contribution in [0.4, 0.5) is 0 Å². The Kier molecular flexibility index (Phi) is 2.81. The quantitative estimate of drug-likeness (QED) is 0.758. The lowest BCUT2D eigenvalue weighted by Gasteiger charge is -2.13. The molecule has 1 rings (SSSR count). The molecule has 2 heteroatoms. The zero-order chi connectivity index (χ0) is 10.0. The first-order valence-electron chi connectivity index (χ1n) is 4.47. The third-order valence-electron chi connectivity index (χ3n) is 2.41. The molecule has 0 radical (unpaired) electrons. The predicted octanol–water partition coefficient (Wildman–Crippen LogP) is 2.58. The molecule has 1 N–H and O–H groups in total. The molecular weight excluding hydrogens is 164 g/mol. The number of benzene rings is 1. The lowest BCUT2D eigenvalue weighted by molar-refractivity contribution is 0.370. The van der Waals surface area contributed by atoms with Crippen LogP contribution >= 0.6 is 0 Å². The second-order valence-corrected chi connectivity index (χ2v) is 3.20. The molecule has 1 aromatic carbocycles. The number of methoxy groups -OCH3 is 1. The molecule has 0 unspecified atom stereocenters. The topological polar surface area (TPSA) is 29.5 Å². The molecule has 1 aromatic rings. The Morgan fingerprint density at radius 3 is 2.46 bits per heavy atom. The van der Waals surface area contributed by atoms with Crippen LogP contribution in [-0.4, -0.2) is 12.2 Å². The Morgan fingerprint density at radius 1 is 1.38 bits per heavy atom. The van der Waals surface area contributed by atoms with Crippen molar-refractivity contribution >= 4 is 0 Å². The van der Waals surface area contributed by atoms with Gasteiger partial charge in [0, 0.05) is 0 Å². The van der Waals surface area contributed by atoms with Crippen LogP contribution in [0.5, 0.6) is 11.5 Å². The Balaban J connectivity index is 3.39. The van der Waals surface area contributed by atoms with E-state index in [1.165, 1.54) is 5.56 Å². The predicted molar refractivity (Wildman–Crippen MR) is 53.5 cm³/mol. The van der Waals surface area contributed by atoms with Crippen molar-refractivity contribution in [2.75, 3.05) is 7.11 Å². The lowest BCUT2D eigenvalue weighted by Crippen LogP contribution is -1.96. The third-order valence-corrected chi connectivity index (χ3v) is 2.41. The highest BCUT2D eigenvalue weighted by atomic mass is 16.5. The van der Waals surface area contributed by atoms with E-state index in [0.717, 1.165) is 17.5 Å². The van der Waals surface area contributed by atoms with Crippen molar-refractivity contribution in [1.29, 1.82) is 0 Å². The van der Waals surface area contributed by atoms with E-state index in [9.17, 15) is 5.11 Å². The van der Waals surface area contributed by atoms with Crippen molar-refractivity contribution in [2.24, 2.45) is 0 Å². The Bertz CT molecular complexity index is 288. The van der Waals surface area contributed by atoms with Crippen LogP contribution in [-0.2, 0) is 6.42 Å². The van der Waals surface area contributed by atoms with Crippen LogP contribution in [0.1, 0.15) is 23.6 Å². The van der Waals surface area contributed by atoms with Gasteiger partial charge in [0.25, 0.3) is 0 Å². The van der Waals surface area contributed by atoms with E-state index in [-0.39, 0.29) is 5.75 Å². The molecule has 0 spiro atoms. The second kappa shape index (κ2) is 3.69. The molecule has 0 aromatic heterocycles. The van der Waals surface area contributed by atoms with Gasteiger partial charge < -0.3 is 9.84 Å². The van der Waals surface area contributed by atoms with Gasteiger partial charge in [0.15, 0.2) is 11.5 Å². The summed E-state index contributed by atoms with van der Waals surface area (Å²) < 4.78 is 5.12. The second-order valence-electron chi connectivity index (χ2n) is 3.20. The van der Waals surface area contributed by atoms with Crippen molar-refractivity contribution in [3.8, 4) is 11.5 Å². The highest BCUT2D eigenvalue weighted by Gasteiger charge is 2.11. The molecular formula is C11H16O2. The molecule has 2 nitrogen and oxygen atoms in total. The van der Waals surface area contributed by atoms with Crippen LogP contribution in [0.15, 0.2) is 6.07 Å². The maximum absolute atomic E-state index is 9.57. The smallest absolute Gasteiger partial charge is 0.163 e. The fourth-order valence-electron chi connectivity index (χ4n) is 1.78. The molecule has 0 atom stereocenters. The minimum atomic E-state index is 0.231. The largest absolute Gasteiger partial charge is 0.504 e. The highest BCUT2D eigenvalue weighted by Crippen LogP contribution is 2.34. The molecule has 0 bridgehead atoms. The number of hydrogen-bond acceptors (Lipinski definition) is 2. The summed E-state index contributed by atoms with van der Waals surface area (Å²) >= 11 is 0. The van der Waals surface area contributed by atoms with Crippen LogP contribution < -0.4 is 4.74 Å². The van der Waals surface area contributed by atoms with Crippen molar-refractivity contribution in [1.82, 2.24) is 0 Å². The van der Waals surface area contributed by atoms with Gasteiger partial charge in [0.2, 0.25) is 0 Å². The first kappa shape index (κ1) is 9.90. The van der Waals surface area contributed by atoms with Crippen LogP contribution in [0.25, 0.3) is 0 Å². The third kappa shape index (κ3) is 1.62. The van der Waals surface area contributed by atoms with E-state index in [0.29, 0.717) is 5.75 Å². The number of rotatable bonds is 2. The summed E-state index contributed by atoms with van der Waals surface area (Å²) in [6, 6.07) is 1.75. The molecule has 0 aliphatic rings. The van der Waals surface area contributed by atoms with E-state index < -0.39 is 0 Å². The maximum atomic E-state index is 9.57. The van der Waals surface area contributed by atoms with E-state index in [4.69, 9.17) is 4.74 Å². The fourth-order valence-corrected chi connectivity index (χ4v) is 1.78. The molecule has 0 aliphatic carbocycles. The lowest BCUT2D eigenvalue weighted by atomic mass is 9.99. The van der Waals surface area contributed by atoms with Gasteiger partial charge >= 0.3 is 0 Å². The summed E-state index contributed by atoms with van der Waals surface area (Å²) in [6.45, 7) is 6.08. The first-order valence-corrected chi connectivity index (χ1v) is 4.47. The van der Waals surface area contributed by atoms with Crippen molar-refractivity contribution in [3.63, 3.8) is 0 Å². The number of ether oxygens (including phenoxy) is 1. The molecule has 0 fully saturated rings. The number of phenolic OH excluding ortho intramolecular Hbond substituents is 1. The van der Waals surface area contributed by atoms with Crippen molar-refractivity contribution in [3.05, 3.63) is 22.8 Å². The normalized spacial score (nSPS) is 10.2. The summed E-state index contributed by atoms with van der Waals surface area (Å²) in [7, 11) is 1.58. The van der Waals surface area contributed by atoms with E-state index >= 15 is 0 Å². The van der Waals surface area contributed by atoms with Gasteiger partial charge in [0.1, 0.15) is 0 Å². The summed E-state index contributed by atoms with van der Waals surface area (Å²) in [5, 5.41) is 9.57. The highest BCUT2D eigenvalue weighted by molar-refractivity contribution is 5.52. The Morgan fingerprint density at radius 2 is 2.00 bits per heavy atom. The van der Waals surface area contributed by atoms with Gasteiger partial charge in [-0.05, 0) is 43.0 Å². The van der Waals surface area contributed by atoms with Gasteiger partial charge in [-0.25, -0.2) is 0 Å². The first-order chi connectivity index (χ1) is 6.11. The number of phenols is 1. The average molecular weight is 180 g/mol. The molecule has 13 heavy (non-hydrogen) atoms. The van der Waals surface area contributed by atoms with Gasteiger partial charge in [-0.1, -0.05) is 6.92 Å². The van der Waals surface area contributed by atoms with Gasteiger partial charge in [0.05, 0.1) is 7.11 Å². The monoisotopic (exact) mass is 180 g/mol. The number of aryl methyl sites for hydroxylation is 1. The fraction of sp³-hybridized carbons (Fsp3) is 0.455. The zero-order valence-corrected chi connectivity index (χ0v) is 8.64. The summed E-state index contributed by atoms with van der Waals surface area (Å²) in [5.41, 5.74) is 3.43. The van der Waals surface area contributed by atoms with Crippen molar-refractivity contribution < 1.29 is 9.84 Å². The van der Waals surface area contributed by atoms with Crippen molar-refractivity contribution in [2.45, 2.75) is 27.2 Å². The summed E-state index contributed by atoms with van der Waals surface area (Å²) in [4.78, 5) is 0. The van der Waals surface area contributed by atoms with Crippen LogP contribution in [0.2, 0.25) is 0 Å². The number of aromatic hydroxyl groups is 1. The maximum Gasteiger partial charge on any atom is 0.163 e. The summed E-state index contributed by atoms with van der Waals surface area (Å²) in [5.74, 6) is 0.831. The summed E-state index contributed by atoms with van der Waals surface area (Å²) in [6.07, 6.45) is 0.967. The standard InChI is InChI=1S/C11H16O2/c1-5-9-7(2)6-10(12)11(13-4)8(9)3/h6,12H,5H2,1-4H3. The minimum absolute atomic E-state index is 0.231. The molecule has 0 saturated carbocycles. The molecule has 0 aliphatic heterocycles. The van der Waals surface area contributed by atoms with Gasteiger partial charge in [-0.15, -0.1) is 0 Å². The van der Waals surface area contributed by atoms with Crippen LogP contribution in [0.3, 0.4) is 0 Å². The molecule has 0 amide bonds. The molecule has 0 heterocycles. The molecule has 72 valence electrons.